The first-order valence-corrected chi connectivity index (χ1v) is 7.26. The summed E-state index contributed by atoms with van der Waals surface area (Å²) in [5.41, 5.74) is 3.80. The number of fused-ring (bicyclic) bond motifs is 3. The maximum absolute atomic E-state index is 10.6. The number of nitrogens with zero attached hydrogens (tertiary/aromatic N) is 3. The van der Waals surface area contributed by atoms with Crippen LogP contribution >= 0.6 is 0 Å². The summed E-state index contributed by atoms with van der Waals surface area (Å²) in [5, 5.41) is 10.6. The lowest BCUT2D eigenvalue weighted by molar-refractivity contribution is 0.173. The molecule has 21 heavy (non-hydrogen) atoms. The van der Waals surface area contributed by atoms with Crippen molar-refractivity contribution in [1.82, 2.24) is 0 Å². The first-order chi connectivity index (χ1) is 10.3. The van der Waals surface area contributed by atoms with E-state index in [2.05, 4.69) is 9.98 Å². The summed E-state index contributed by atoms with van der Waals surface area (Å²) in [6, 6.07) is 7.67. The zero-order valence-electron chi connectivity index (χ0n) is 11.9. The van der Waals surface area contributed by atoms with Crippen LogP contribution in [0.25, 0.3) is 0 Å². The Labute approximate surface area is 123 Å². The number of benzene rings is 1. The summed E-state index contributed by atoms with van der Waals surface area (Å²) in [6.45, 7) is 0.525. The summed E-state index contributed by atoms with van der Waals surface area (Å²) in [5.74, 6) is 0.941. The molecule has 1 saturated carbocycles. The molecule has 1 fully saturated rings. The number of ether oxygens (including phenoxy) is 1. The van der Waals surface area contributed by atoms with Gasteiger partial charge in [-0.25, -0.2) is 0 Å². The number of methoxy groups -OCH3 is 1. The van der Waals surface area contributed by atoms with Crippen molar-refractivity contribution in [2.45, 2.75) is 25.0 Å². The molecule has 0 amide bonds. The molecule has 0 spiro atoms. The Morgan fingerprint density at radius 2 is 1.95 bits per heavy atom. The van der Waals surface area contributed by atoms with E-state index in [1.54, 1.807) is 7.11 Å². The van der Waals surface area contributed by atoms with Crippen molar-refractivity contribution in [3.63, 3.8) is 0 Å². The van der Waals surface area contributed by atoms with Crippen molar-refractivity contribution in [3.05, 3.63) is 29.8 Å². The smallest absolute Gasteiger partial charge is 0.130 e. The van der Waals surface area contributed by atoms with Crippen molar-refractivity contribution in [1.29, 1.82) is 0 Å². The van der Waals surface area contributed by atoms with Crippen LogP contribution in [0.1, 0.15) is 18.4 Å². The average Bonchev–Trinajstić information content (AvgIpc) is 3.12. The highest BCUT2D eigenvalue weighted by Gasteiger charge is 2.45. The van der Waals surface area contributed by atoms with Crippen molar-refractivity contribution in [2.75, 3.05) is 13.8 Å². The molecule has 1 aromatic carbocycles. The molecule has 0 bridgehead atoms. The first-order valence-electron chi connectivity index (χ1n) is 7.26. The van der Waals surface area contributed by atoms with Gasteiger partial charge in [0.25, 0.3) is 0 Å². The molecule has 3 atom stereocenters. The Morgan fingerprint density at radius 3 is 2.71 bits per heavy atom. The maximum Gasteiger partial charge on any atom is 0.130 e. The third-order valence-corrected chi connectivity index (χ3v) is 4.55. The average molecular weight is 283 g/mol. The van der Waals surface area contributed by atoms with E-state index >= 15 is 0 Å². The van der Waals surface area contributed by atoms with Gasteiger partial charge in [-0.15, -0.1) is 0 Å². The van der Waals surface area contributed by atoms with Gasteiger partial charge in [-0.05, 0) is 42.7 Å². The number of hydrogen-bond donors (Lipinski definition) is 1. The third kappa shape index (κ3) is 1.92. The van der Waals surface area contributed by atoms with Gasteiger partial charge in [0.1, 0.15) is 18.5 Å². The normalized spacial score (nSPS) is 30.2. The minimum atomic E-state index is -0.520. The molecular weight excluding hydrogens is 266 g/mol. The number of rotatable bonds is 2. The van der Waals surface area contributed by atoms with Crippen LogP contribution < -0.4 is 4.74 Å². The van der Waals surface area contributed by atoms with Gasteiger partial charge in [-0.3, -0.25) is 15.0 Å². The van der Waals surface area contributed by atoms with E-state index in [0.29, 0.717) is 6.67 Å². The van der Waals surface area contributed by atoms with Crippen LogP contribution in [0, 0.1) is 5.92 Å². The Hall–Kier alpha value is -2.01. The van der Waals surface area contributed by atoms with E-state index < -0.39 is 6.10 Å². The van der Waals surface area contributed by atoms with Crippen molar-refractivity contribution < 1.29 is 9.84 Å². The molecule has 0 radical (unpaired) electrons. The van der Waals surface area contributed by atoms with Gasteiger partial charge < -0.3 is 9.84 Å². The molecule has 0 aromatic heterocycles. The molecule has 3 aliphatic rings. The monoisotopic (exact) mass is 283 g/mol. The third-order valence-electron chi connectivity index (χ3n) is 4.55. The van der Waals surface area contributed by atoms with Gasteiger partial charge in [0.05, 0.1) is 30.3 Å². The maximum atomic E-state index is 10.6. The summed E-state index contributed by atoms with van der Waals surface area (Å²) >= 11 is 0. The molecule has 1 aliphatic carbocycles. The van der Waals surface area contributed by atoms with Crippen LogP contribution in [0.5, 0.6) is 5.75 Å². The molecule has 4 rings (SSSR count). The topological polar surface area (TPSA) is 66.5 Å². The van der Waals surface area contributed by atoms with Gasteiger partial charge in [-0.2, -0.15) is 0 Å². The Morgan fingerprint density at radius 1 is 1.14 bits per heavy atom. The zero-order chi connectivity index (χ0) is 14.4. The molecule has 108 valence electrons. The largest absolute Gasteiger partial charge is 0.497 e. The van der Waals surface area contributed by atoms with Crippen LogP contribution in [0.4, 0.5) is 0 Å². The van der Waals surface area contributed by atoms with E-state index in [-0.39, 0.29) is 12.0 Å². The lowest BCUT2D eigenvalue weighted by Crippen LogP contribution is -2.40. The highest BCUT2D eigenvalue weighted by Crippen LogP contribution is 2.35. The van der Waals surface area contributed by atoms with Crippen molar-refractivity contribution >= 4 is 17.1 Å². The zero-order valence-corrected chi connectivity index (χ0v) is 11.9. The second-order valence-corrected chi connectivity index (χ2v) is 5.62. The SMILES string of the molecule is COc1ccc(C2=NC3C4=NCN=C4CCC3C2O)cc1. The summed E-state index contributed by atoms with van der Waals surface area (Å²) < 4.78 is 5.17. The fourth-order valence-electron chi connectivity index (χ4n) is 3.43. The number of aliphatic imine (C=N–C) groups is 3. The first kappa shape index (κ1) is 12.7. The molecule has 5 nitrogen and oxygen atoms in total. The van der Waals surface area contributed by atoms with E-state index in [1.807, 2.05) is 24.3 Å². The molecule has 1 N–H and O–H groups in total. The minimum absolute atomic E-state index is 0.0212. The molecule has 2 heterocycles. The van der Waals surface area contributed by atoms with Crippen molar-refractivity contribution in [2.24, 2.45) is 20.9 Å². The summed E-state index contributed by atoms with van der Waals surface area (Å²) in [7, 11) is 1.64. The van der Waals surface area contributed by atoms with Gasteiger partial charge in [-0.1, -0.05) is 0 Å². The minimum Gasteiger partial charge on any atom is -0.497 e. The summed E-state index contributed by atoms with van der Waals surface area (Å²) in [6.07, 6.45) is 1.31. The van der Waals surface area contributed by atoms with Crippen LogP contribution in [0.3, 0.4) is 0 Å². The van der Waals surface area contributed by atoms with Crippen LogP contribution in [0.15, 0.2) is 39.2 Å². The van der Waals surface area contributed by atoms with Crippen LogP contribution in [-0.4, -0.2) is 48.2 Å². The van der Waals surface area contributed by atoms with E-state index in [1.165, 1.54) is 0 Å². The fraction of sp³-hybridized carbons (Fsp3) is 0.438. The van der Waals surface area contributed by atoms with E-state index in [9.17, 15) is 5.11 Å². The standard InChI is InChI=1S/C16H17N3O2/c1-21-10-4-2-9(3-5-10)13-16(20)11-6-7-12-15(14(11)19-13)18-8-17-12/h2-5,11,14,16,20H,6-8H2,1H3. The van der Waals surface area contributed by atoms with Gasteiger partial charge in [0, 0.05) is 5.92 Å². The Kier molecular flexibility index (Phi) is 2.89. The molecule has 3 unspecified atom stereocenters. The second kappa shape index (κ2) is 4.77. The second-order valence-electron chi connectivity index (χ2n) is 5.62. The highest BCUT2D eigenvalue weighted by molar-refractivity contribution is 6.46. The fourth-order valence-corrected chi connectivity index (χ4v) is 3.43. The van der Waals surface area contributed by atoms with E-state index in [4.69, 9.17) is 9.73 Å². The lowest BCUT2D eigenvalue weighted by Gasteiger charge is -2.26. The number of aliphatic hydroxyl groups is 1. The van der Waals surface area contributed by atoms with Crippen molar-refractivity contribution in [3.8, 4) is 5.75 Å². The van der Waals surface area contributed by atoms with Crippen LogP contribution in [-0.2, 0) is 0 Å². The predicted molar refractivity (Wildman–Crippen MR) is 81.8 cm³/mol. The Balaban J connectivity index is 1.69. The van der Waals surface area contributed by atoms with Gasteiger partial charge >= 0.3 is 0 Å². The highest BCUT2D eigenvalue weighted by atomic mass is 16.5. The van der Waals surface area contributed by atoms with E-state index in [0.717, 1.165) is 41.3 Å². The van der Waals surface area contributed by atoms with Gasteiger partial charge in [0.15, 0.2) is 0 Å². The quantitative estimate of drug-likeness (QED) is 0.893. The molecule has 1 aromatic rings. The number of hydrogen-bond acceptors (Lipinski definition) is 5. The molecular formula is C16H17N3O2. The predicted octanol–water partition coefficient (Wildman–Crippen LogP) is 1.49. The lowest BCUT2D eigenvalue weighted by atomic mass is 9.80. The molecule has 5 heteroatoms. The molecule has 2 aliphatic heterocycles. The Bertz CT molecular complexity index is 661. The van der Waals surface area contributed by atoms with Crippen LogP contribution in [0.2, 0.25) is 0 Å². The van der Waals surface area contributed by atoms with Gasteiger partial charge in [0.2, 0.25) is 0 Å². The summed E-state index contributed by atoms with van der Waals surface area (Å²) in [4.78, 5) is 13.6. The number of aliphatic hydroxyl groups excluding tert-OH is 1. The molecule has 0 saturated heterocycles.